The fourth-order valence-electron chi connectivity index (χ4n) is 2.77. The van der Waals surface area contributed by atoms with Gasteiger partial charge in [0.1, 0.15) is 12.4 Å². The standard InChI is InChI=1S/C19H26N6O3S/c1-19(2,3)13-5-7-14(8-6-13)28-12-15-22-23-18(25(15)20)29-10-4-9-24-16(26)11-21-17(24)27/h5-8H,4,9-12,20H2,1-3H3,(H,21,27). The Morgan fingerprint density at radius 2 is 1.93 bits per heavy atom. The molecule has 0 unspecified atom stereocenters. The van der Waals surface area contributed by atoms with E-state index in [1.165, 1.54) is 26.9 Å². The molecule has 0 saturated carbocycles. The maximum Gasteiger partial charge on any atom is 0.324 e. The van der Waals surface area contributed by atoms with Crippen molar-refractivity contribution < 1.29 is 14.3 Å². The Bertz CT molecular complexity index is 859. The number of carbonyl (C=O) groups excluding carboxylic acids is 2. The second kappa shape index (κ2) is 8.73. The number of imide groups is 1. The van der Waals surface area contributed by atoms with Gasteiger partial charge in [-0.15, -0.1) is 10.2 Å². The van der Waals surface area contributed by atoms with E-state index in [1.54, 1.807) is 0 Å². The van der Waals surface area contributed by atoms with Gasteiger partial charge in [0.05, 0.1) is 6.54 Å². The molecule has 1 aromatic heterocycles. The lowest BCUT2D eigenvalue weighted by Crippen LogP contribution is -2.32. The predicted molar refractivity (Wildman–Crippen MR) is 110 cm³/mol. The average Bonchev–Trinajstić information content (AvgIpc) is 3.19. The number of amides is 3. The van der Waals surface area contributed by atoms with Crippen LogP contribution < -0.4 is 15.9 Å². The van der Waals surface area contributed by atoms with Crippen LogP contribution in [-0.4, -0.2) is 50.6 Å². The van der Waals surface area contributed by atoms with Gasteiger partial charge in [-0.3, -0.25) is 9.69 Å². The fraction of sp³-hybridized carbons (Fsp3) is 0.474. The minimum atomic E-state index is -0.336. The van der Waals surface area contributed by atoms with Gasteiger partial charge in [-0.25, -0.2) is 9.47 Å². The number of benzene rings is 1. The predicted octanol–water partition coefficient (Wildman–Crippen LogP) is 1.90. The Hall–Kier alpha value is -2.75. The van der Waals surface area contributed by atoms with Crippen molar-refractivity contribution in [3.05, 3.63) is 35.7 Å². The highest BCUT2D eigenvalue weighted by molar-refractivity contribution is 7.99. The molecule has 0 atom stereocenters. The molecule has 0 aliphatic carbocycles. The van der Waals surface area contributed by atoms with Gasteiger partial charge >= 0.3 is 6.03 Å². The highest BCUT2D eigenvalue weighted by Gasteiger charge is 2.27. The molecular weight excluding hydrogens is 392 g/mol. The van der Waals surface area contributed by atoms with Gasteiger partial charge in [0.15, 0.2) is 5.82 Å². The first-order valence-electron chi connectivity index (χ1n) is 9.39. The Kier molecular flexibility index (Phi) is 6.31. The zero-order chi connectivity index (χ0) is 21.0. The van der Waals surface area contributed by atoms with Crippen LogP contribution in [0.3, 0.4) is 0 Å². The van der Waals surface area contributed by atoms with Crippen molar-refractivity contribution in [1.29, 1.82) is 0 Å². The number of nitrogens with zero attached hydrogens (tertiary/aromatic N) is 4. The van der Waals surface area contributed by atoms with Crippen molar-refractivity contribution in [3.8, 4) is 5.75 Å². The fourth-order valence-corrected chi connectivity index (χ4v) is 3.57. The van der Waals surface area contributed by atoms with Gasteiger partial charge in [-0.2, -0.15) is 0 Å². The maximum absolute atomic E-state index is 11.5. The minimum absolute atomic E-state index is 0.0748. The smallest absolute Gasteiger partial charge is 0.324 e. The highest BCUT2D eigenvalue weighted by Crippen LogP contribution is 2.24. The zero-order valence-corrected chi connectivity index (χ0v) is 17.7. The van der Waals surface area contributed by atoms with Crippen LogP contribution in [-0.2, 0) is 16.8 Å². The number of thioether (sulfide) groups is 1. The number of hydrogen-bond donors (Lipinski definition) is 2. The maximum atomic E-state index is 11.5. The molecule has 1 aliphatic heterocycles. The molecule has 29 heavy (non-hydrogen) atoms. The molecule has 9 nitrogen and oxygen atoms in total. The van der Waals surface area contributed by atoms with Gasteiger partial charge in [-0.05, 0) is 29.5 Å². The van der Waals surface area contributed by atoms with Crippen LogP contribution in [0.2, 0.25) is 0 Å². The average molecular weight is 419 g/mol. The Morgan fingerprint density at radius 1 is 1.21 bits per heavy atom. The van der Waals surface area contributed by atoms with Crippen LogP contribution >= 0.6 is 11.8 Å². The van der Waals surface area contributed by atoms with E-state index in [9.17, 15) is 9.59 Å². The molecule has 1 saturated heterocycles. The first kappa shape index (κ1) is 21.0. The second-order valence-corrected chi connectivity index (χ2v) is 8.80. The Labute approximate surface area is 174 Å². The minimum Gasteiger partial charge on any atom is -0.486 e. The van der Waals surface area contributed by atoms with Crippen LogP contribution in [0.1, 0.15) is 38.6 Å². The molecule has 10 heteroatoms. The Morgan fingerprint density at radius 3 is 2.55 bits per heavy atom. The van der Waals surface area contributed by atoms with Gasteiger partial charge in [0.2, 0.25) is 11.1 Å². The number of hydrogen-bond acceptors (Lipinski definition) is 7. The van der Waals surface area contributed by atoms with Gasteiger partial charge in [0, 0.05) is 12.3 Å². The van der Waals surface area contributed by atoms with E-state index in [0.29, 0.717) is 29.7 Å². The van der Waals surface area contributed by atoms with Gasteiger partial charge in [0.25, 0.3) is 0 Å². The highest BCUT2D eigenvalue weighted by atomic mass is 32.2. The lowest BCUT2D eigenvalue weighted by molar-refractivity contribution is -0.124. The summed E-state index contributed by atoms with van der Waals surface area (Å²) in [5.74, 6) is 7.77. The Balaban J connectivity index is 1.46. The number of nitrogens with two attached hydrogens (primary N) is 1. The number of ether oxygens (including phenoxy) is 1. The van der Waals surface area contributed by atoms with E-state index in [0.717, 1.165) is 5.75 Å². The first-order chi connectivity index (χ1) is 13.8. The molecule has 0 spiro atoms. The summed E-state index contributed by atoms with van der Waals surface area (Å²) in [6.07, 6.45) is 0.642. The SMILES string of the molecule is CC(C)(C)c1ccc(OCc2nnc(SCCCN3C(=O)CNC3=O)n2N)cc1. The topological polar surface area (TPSA) is 115 Å². The molecule has 3 N–H and O–H groups in total. The molecule has 2 heterocycles. The third-order valence-corrected chi connectivity index (χ3v) is 5.55. The van der Waals surface area contributed by atoms with Gasteiger partial charge in [-0.1, -0.05) is 44.7 Å². The number of carbonyl (C=O) groups is 2. The second-order valence-electron chi connectivity index (χ2n) is 7.74. The summed E-state index contributed by atoms with van der Waals surface area (Å²) in [5.41, 5.74) is 1.33. The summed E-state index contributed by atoms with van der Waals surface area (Å²) >= 11 is 1.42. The normalized spacial score (nSPS) is 14.4. The third-order valence-electron chi connectivity index (χ3n) is 4.52. The van der Waals surface area contributed by atoms with Crippen molar-refractivity contribution in [1.82, 2.24) is 25.1 Å². The van der Waals surface area contributed by atoms with E-state index in [2.05, 4.69) is 48.4 Å². The lowest BCUT2D eigenvalue weighted by atomic mass is 9.87. The van der Waals surface area contributed by atoms with E-state index >= 15 is 0 Å². The largest absolute Gasteiger partial charge is 0.486 e. The van der Waals surface area contributed by atoms with E-state index in [4.69, 9.17) is 10.6 Å². The summed E-state index contributed by atoms with van der Waals surface area (Å²) in [5, 5.41) is 11.2. The lowest BCUT2D eigenvalue weighted by Gasteiger charge is -2.19. The first-order valence-corrected chi connectivity index (χ1v) is 10.4. The summed E-state index contributed by atoms with van der Waals surface area (Å²) in [6, 6.07) is 7.63. The molecule has 0 bridgehead atoms. The van der Waals surface area contributed by atoms with Crippen molar-refractivity contribution in [2.24, 2.45) is 0 Å². The molecule has 156 valence electrons. The molecule has 1 fully saturated rings. The van der Waals surface area contributed by atoms with E-state index < -0.39 is 0 Å². The number of nitrogens with one attached hydrogen (secondary N) is 1. The summed E-state index contributed by atoms with van der Waals surface area (Å²) in [7, 11) is 0. The molecule has 1 aliphatic rings. The molecule has 3 rings (SSSR count). The number of nitrogen functional groups attached to an aromatic ring is 1. The quantitative estimate of drug-likeness (QED) is 0.291. The summed E-state index contributed by atoms with van der Waals surface area (Å²) < 4.78 is 7.17. The zero-order valence-electron chi connectivity index (χ0n) is 16.8. The van der Waals surface area contributed by atoms with Gasteiger partial charge < -0.3 is 15.9 Å². The summed E-state index contributed by atoms with van der Waals surface area (Å²) in [4.78, 5) is 24.2. The van der Waals surface area contributed by atoms with Crippen LogP contribution in [0.4, 0.5) is 4.79 Å². The van der Waals surface area contributed by atoms with Crippen molar-refractivity contribution >= 4 is 23.7 Å². The molecular formula is C19H26N6O3S. The van der Waals surface area contributed by atoms with Crippen LogP contribution in [0.25, 0.3) is 0 Å². The molecule has 1 aromatic carbocycles. The van der Waals surface area contributed by atoms with Crippen molar-refractivity contribution in [2.45, 2.75) is 44.4 Å². The number of urea groups is 1. The third kappa shape index (κ3) is 5.20. The molecule has 3 amide bonds. The van der Waals surface area contributed by atoms with E-state index in [1.807, 2.05) is 12.1 Å². The van der Waals surface area contributed by atoms with E-state index in [-0.39, 0.29) is 30.5 Å². The monoisotopic (exact) mass is 418 g/mol. The van der Waals surface area contributed by atoms with Crippen LogP contribution in [0.15, 0.2) is 29.4 Å². The molecule has 2 aromatic rings. The van der Waals surface area contributed by atoms with Crippen molar-refractivity contribution in [2.75, 3.05) is 24.7 Å². The summed E-state index contributed by atoms with van der Waals surface area (Å²) in [6.45, 7) is 7.15. The molecule has 0 radical (unpaired) electrons. The van der Waals surface area contributed by atoms with Crippen LogP contribution in [0.5, 0.6) is 5.75 Å². The van der Waals surface area contributed by atoms with Crippen molar-refractivity contribution in [3.63, 3.8) is 0 Å². The number of aromatic nitrogens is 3. The number of rotatable bonds is 8. The van der Waals surface area contributed by atoms with Crippen LogP contribution in [0, 0.1) is 0 Å².